The first-order valence-corrected chi connectivity index (χ1v) is 7.85. The van der Waals surface area contributed by atoms with Crippen LogP contribution in [0.15, 0.2) is 23.1 Å². The van der Waals surface area contributed by atoms with Crippen molar-refractivity contribution >= 4 is 10.0 Å². The molecule has 0 aliphatic carbocycles. The maximum atomic E-state index is 13.3. The lowest BCUT2D eigenvalue weighted by Gasteiger charge is -2.30. The van der Waals surface area contributed by atoms with Crippen LogP contribution in [-0.4, -0.2) is 32.4 Å². The van der Waals surface area contributed by atoms with Crippen LogP contribution < -0.4 is 5.73 Å². The second-order valence-corrected chi connectivity index (χ2v) is 6.90. The highest BCUT2D eigenvalue weighted by atomic mass is 32.2. The molecule has 2 N–H and O–H groups in total. The zero-order valence-electron chi connectivity index (χ0n) is 11.0. The topological polar surface area (TPSA) is 63.4 Å². The molecule has 1 fully saturated rings. The van der Waals surface area contributed by atoms with Crippen LogP contribution in [0, 0.1) is 18.7 Å². The number of hydrogen-bond donors (Lipinski definition) is 1. The van der Waals surface area contributed by atoms with E-state index < -0.39 is 15.8 Å². The fourth-order valence-electron chi connectivity index (χ4n) is 2.38. The molecule has 0 atom stereocenters. The summed E-state index contributed by atoms with van der Waals surface area (Å²) in [4.78, 5) is 0.0682. The third kappa shape index (κ3) is 2.96. The minimum absolute atomic E-state index is 0.0682. The Kier molecular flexibility index (Phi) is 4.23. The van der Waals surface area contributed by atoms with Gasteiger partial charge in [0.15, 0.2) is 0 Å². The summed E-state index contributed by atoms with van der Waals surface area (Å²) in [5, 5.41) is 0. The number of aryl methyl sites for hydroxylation is 1. The van der Waals surface area contributed by atoms with Crippen molar-refractivity contribution in [3.63, 3.8) is 0 Å². The Morgan fingerprint density at radius 1 is 1.37 bits per heavy atom. The molecule has 0 amide bonds. The molecule has 106 valence electrons. The van der Waals surface area contributed by atoms with E-state index in [4.69, 9.17) is 5.73 Å². The summed E-state index contributed by atoms with van der Waals surface area (Å²) in [5.41, 5.74) is 6.17. The number of nitrogens with zero attached hydrogens (tertiary/aromatic N) is 1. The summed E-state index contributed by atoms with van der Waals surface area (Å²) in [6.45, 7) is 3.19. The lowest BCUT2D eigenvalue weighted by molar-refractivity contribution is 0.278. The minimum atomic E-state index is -3.59. The zero-order chi connectivity index (χ0) is 14.0. The van der Waals surface area contributed by atoms with Gasteiger partial charge in [-0.2, -0.15) is 4.31 Å². The van der Waals surface area contributed by atoms with Crippen LogP contribution in [0.4, 0.5) is 4.39 Å². The first kappa shape index (κ1) is 14.4. The largest absolute Gasteiger partial charge is 0.330 e. The Bertz CT molecular complexity index is 552. The summed E-state index contributed by atoms with van der Waals surface area (Å²) in [7, 11) is -3.59. The first-order chi connectivity index (χ1) is 8.95. The van der Waals surface area contributed by atoms with Crippen LogP contribution in [0.5, 0.6) is 0 Å². The molecule has 1 saturated heterocycles. The van der Waals surface area contributed by atoms with Crippen LogP contribution >= 0.6 is 0 Å². The highest BCUT2D eigenvalue weighted by molar-refractivity contribution is 7.89. The molecule has 0 aromatic heterocycles. The second kappa shape index (κ2) is 5.56. The second-order valence-electron chi connectivity index (χ2n) is 4.99. The molecule has 19 heavy (non-hydrogen) atoms. The van der Waals surface area contributed by atoms with Gasteiger partial charge >= 0.3 is 0 Å². The van der Waals surface area contributed by atoms with Crippen LogP contribution in [0.1, 0.15) is 18.4 Å². The van der Waals surface area contributed by atoms with Crippen LogP contribution in [-0.2, 0) is 10.0 Å². The normalized spacial score (nSPS) is 18.7. The van der Waals surface area contributed by atoms with Crippen molar-refractivity contribution in [2.45, 2.75) is 24.7 Å². The van der Waals surface area contributed by atoms with Crippen molar-refractivity contribution in [2.24, 2.45) is 11.7 Å². The molecule has 1 aromatic rings. The predicted octanol–water partition coefficient (Wildman–Crippen LogP) is 1.49. The SMILES string of the molecule is Cc1ccc(F)cc1S(=O)(=O)N1CCC(CN)CC1. The minimum Gasteiger partial charge on any atom is -0.330 e. The molecular formula is C13H19FN2O2S. The van der Waals surface area contributed by atoms with Gasteiger partial charge in [0, 0.05) is 13.1 Å². The van der Waals surface area contributed by atoms with Gasteiger partial charge in [0.1, 0.15) is 5.82 Å². The first-order valence-electron chi connectivity index (χ1n) is 6.41. The van der Waals surface area contributed by atoms with Gasteiger partial charge in [0.2, 0.25) is 10.0 Å². The highest BCUT2D eigenvalue weighted by Gasteiger charge is 2.30. The summed E-state index contributed by atoms with van der Waals surface area (Å²) < 4.78 is 39.7. The van der Waals surface area contributed by atoms with Gasteiger partial charge in [-0.1, -0.05) is 6.07 Å². The van der Waals surface area contributed by atoms with Crippen molar-refractivity contribution in [3.05, 3.63) is 29.6 Å². The monoisotopic (exact) mass is 286 g/mol. The smallest absolute Gasteiger partial charge is 0.243 e. The Hall–Kier alpha value is -0.980. The molecule has 0 radical (unpaired) electrons. The van der Waals surface area contributed by atoms with E-state index in [0.29, 0.717) is 31.1 Å². The van der Waals surface area contributed by atoms with E-state index in [9.17, 15) is 12.8 Å². The van der Waals surface area contributed by atoms with Crippen LogP contribution in [0.3, 0.4) is 0 Å². The molecule has 0 bridgehead atoms. The summed E-state index contributed by atoms with van der Waals surface area (Å²) in [6, 6.07) is 3.86. The van der Waals surface area contributed by atoms with Gasteiger partial charge < -0.3 is 5.73 Å². The van der Waals surface area contributed by atoms with E-state index in [1.807, 2.05) is 0 Å². The van der Waals surface area contributed by atoms with E-state index in [2.05, 4.69) is 0 Å². The number of piperidine rings is 1. The predicted molar refractivity (Wildman–Crippen MR) is 71.7 cm³/mol. The fourth-order valence-corrected chi connectivity index (χ4v) is 4.08. The number of rotatable bonds is 3. The highest BCUT2D eigenvalue weighted by Crippen LogP contribution is 2.25. The molecule has 1 heterocycles. The molecule has 2 rings (SSSR count). The average Bonchev–Trinajstić information content (AvgIpc) is 2.41. The van der Waals surface area contributed by atoms with Gasteiger partial charge in [-0.25, -0.2) is 12.8 Å². The van der Waals surface area contributed by atoms with Crippen molar-refractivity contribution in [3.8, 4) is 0 Å². The molecular weight excluding hydrogens is 267 g/mol. The molecule has 0 saturated carbocycles. The summed E-state index contributed by atoms with van der Waals surface area (Å²) in [5.74, 6) is -0.138. The van der Waals surface area contributed by atoms with E-state index in [-0.39, 0.29) is 4.90 Å². The fraction of sp³-hybridized carbons (Fsp3) is 0.538. The van der Waals surface area contributed by atoms with E-state index in [0.717, 1.165) is 18.9 Å². The number of benzene rings is 1. The Morgan fingerprint density at radius 3 is 2.58 bits per heavy atom. The Balaban J connectivity index is 2.26. The van der Waals surface area contributed by atoms with Gasteiger partial charge in [-0.15, -0.1) is 0 Å². The van der Waals surface area contributed by atoms with E-state index >= 15 is 0 Å². The number of hydrogen-bond acceptors (Lipinski definition) is 3. The van der Waals surface area contributed by atoms with Gasteiger partial charge in [-0.3, -0.25) is 0 Å². The maximum absolute atomic E-state index is 13.3. The molecule has 1 aliphatic heterocycles. The van der Waals surface area contributed by atoms with Crippen molar-refractivity contribution < 1.29 is 12.8 Å². The molecule has 4 nitrogen and oxygen atoms in total. The third-order valence-electron chi connectivity index (χ3n) is 3.67. The van der Waals surface area contributed by atoms with Crippen LogP contribution in [0.2, 0.25) is 0 Å². The molecule has 1 aromatic carbocycles. The van der Waals surface area contributed by atoms with Gasteiger partial charge in [0.05, 0.1) is 4.90 Å². The Morgan fingerprint density at radius 2 is 2.00 bits per heavy atom. The average molecular weight is 286 g/mol. The van der Waals surface area contributed by atoms with E-state index in [1.54, 1.807) is 6.92 Å². The zero-order valence-corrected chi connectivity index (χ0v) is 11.8. The quantitative estimate of drug-likeness (QED) is 0.915. The lowest BCUT2D eigenvalue weighted by atomic mass is 9.99. The standard InChI is InChI=1S/C13H19FN2O2S/c1-10-2-3-12(14)8-13(10)19(17,18)16-6-4-11(9-15)5-7-16/h2-3,8,11H,4-7,9,15H2,1H3. The molecule has 1 aliphatic rings. The molecule has 6 heteroatoms. The van der Waals surface area contributed by atoms with Gasteiger partial charge in [-0.05, 0) is 49.9 Å². The van der Waals surface area contributed by atoms with Crippen molar-refractivity contribution in [1.82, 2.24) is 4.31 Å². The van der Waals surface area contributed by atoms with Crippen LogP contribution in [0.25, 0.3) is 0 Å². The molecule has 0 unspecified atom stereocenters. The molecule has 0 spiro atoms. The lowest BCUT2D eigenvalue weighted by Crippen LogP contribution is -2.40. The summed E-state index contributed by atoms with van der Waals surface area (Å²) >= 11 is 0. The number of sulfonamides is 1. The maximum Gasteiger partial charge on any atom is 0.243 e. The van der Waals surface area contributed by atoms with E-state index in [1.165, 1.54) is 16.4 Å². The van der Waals surface area contributed by atoms with Crippen molar-refractivity contribution in [2.75, 3.05) is 19.6 Å². The third-order valence-corrected chi connectivity index (χ3v) is 5.72. The number of halogens is 1. The van der Waals surface area contributed by atoms with Gasteiger partial charge in [0.25, 0.3) is 0 Å². The Labute approximate surface area is 113 Å². The number of nitrogens with two attached hydrogens (primary N) is 1. The summed E-state index contributed by atoms with van der Waals surface area (Å²) in [6.07, 6.45) is 1.54. The van der Waals surface area contributed by atoms with Crippen molar-refractivity contribution in [1.29, 1.82) is 0 Å².